The average Bonchev–Trinajstić information content (AvgIpc) is 2.66. The molecule has 4 heteroatoms. The minimum Gasteiger partial charge on any atom is -0.280 e. The van der Waals surface area contributed by atoms with Gasteiger partial charge in [0.15, 0.2) is 0 Å². The van der Waals surface area contributed by atoms with E-state index in [-0.39, 0.29) is 11.7 Å². The first-order chi connectivity index (χ1) is 8.25. The van der Waals surface area contributed by atoms with Gasteiger partial charge in [0.2, 0.25) is 5.91 Å². The lowest BCUT2D eigenvalue weighted by Crippen LogP contribution is -2.20. The molecule has 0 saturated carbocycles. The molecular formula is C13H9FN2O. The van der Waals surface area contributed by atoms with Crippen LogP contribution in [0.1, 0.15) is 5.56 Å². The predicted molar refractivity (Wildman–Crippen MR) is 61.5 cm³/mol. The van der Waals surface area contributed by atoms with Crippen LogP contribution in [-0.4, -0.2) is 10.9 Å². The number of carbonyl (C=O) groups excluding carboxylic acids is 1. The molecular weight excluding hydrogens is 219 g/mol. The summed E-state index contributed by atoms with van der Waals surface area (Å²) < 4.78 is 12.9. The molecule has 1 aromatic heterocycles. The van der Waals surface area contributed by atoms with Gasteiger partial charge in [-0.1, -0.05) is 0 Å². The zero-order valence-corrected chi connectivity index (χ0v) is 8.93. The fourth-order valence-corrected chi connectivity index (χ4v) is 2.02. The van der Waals surface area contributed by atoms with Gasteiger partial charge in [-0.25, -0.2) is 4.39 Å². The van der Waals surface area contributed by atoms with E-state index in [9.17, 15) is 9.18 Å². The second-order valence-electron chi connectivity index (χ2n) is 3.89. The minimum atomic E-state index is -0.310. The third kappa shape index (κ3) is 1.58. The van der Waals surface area contributed by atoms with Gasteiger partial charge in [0, 0.05) is 23.6 Å². The topological polar surface area (TPSA) is 33.2 Å². The quantitative estimate of drug-likeness (QED) is 0.751. The maximum atomic E-state index is 12.9. The number of hydrogen-bond acceptors (Lipinski definition) is 2. The van der Waals surface area contributed by atoms with Gasteiger partial charge in [0.05, 0.1) is 12.1 Å². The van der Waals surface area contributed by atoms with Crippen molar-refractivity contribution >= 4 is 17.3 Å². The Morgan fingerprint density at radius 3 is 2.71 bits per heavy atom. The fraction of sp³-hybridized carbons (Fsp3) is 0.0769. The summed E-state index contributed by atoms with van der Waals surface area (Å²) in [6.07, 6.45) is 3.69. The number of halogens is 1. The van der Waals surface area contributed by atoms with Crippen LogP contribution in [-0.2, 0) is 11.2 Å². The molecule has 3 rings (SSSR count). The van der Waals surface area contributed by atoms with Crippen molar-refractivity contribution < 1.29 is 9.18 Å². The Labute approximate surface area is 97.5 Å². The maximum absolute atomic E-state index is 12.9. The molecule has 0 radical (unpaired) electrons. The number of fused-ring (bicyclic) bond motifs is 1. The van der Waals surface area contributed by atoms with Gasteiger partial charge in [0.25, 0.3) is 0 Å². The van der Waals surface area contributed by atoms with Gasteiger partial charge in [-0.15, -0.1) is 0 Å². The van der Waals surface area contributed by atoms with Crippen LogP contribution in [0.4, 0.5) is 15.8 Å². The Morgan fingerprint density at radius 2 is 1.94 bits per heavy atom. The zero-order valence-electron chi connectivity index (χ0n) is 8.93. The SMILES string of the molecule is O=C1Cc2cnccc2N1c1ccc(F)cc1. The molecule has 3 nitrogen and oxygen atoms in total. The highest BCUT2D eigenvalue weighted by Crippen LogP contribution is 2.34. The normalized spacial score (nSPS) is 13.9. The van der Waals surface area contributed by atoms with Crippen LogP contribution in [0.2, 0.25) is 0 Å². The number of anilines is 2. The lowest BCUT2D eigenvalue weighted by atomic mass is 10.2. The summed E-state index contributed by atoms with van der Waals surface area (Å²) in [6.45, 7) is 0. The number of aromatic nitrogens is 1. The first-order valence-electron chi connectivity index (χ1n) is 5.27. The van der Waals surface area contributed by atoms with Crippen molar-refractivity contribution in [2.45, 2.75) is 6.42 Å². The van der Waals surface area contributed by atoms with Gasteiger partial charge in [0.1, 0.15) is 5.82 Å². The van der Waals surface area contributed by atoms with Crippen molar-refractivity contribution in [1.29, 1.82) is 0 Å². The molecule has 0 unspecified atom stereocenters. The highest BCUT2D eigenvalue weighted by Gasteiger charge is 2.28. The standard InChI is InChI=1S/C13H9FN2O/c14-10-1-3-11(4-2-10)16-12-5-6-15-8-9(12)7-13(16)17/h1-6,8H,7H2. The fourth-order valence-electron chi connectivity index (χ4n) is 2.02. The molecule has 0 spiro atoms. The molecule has 17 heavy (non-hydrogen) atoms. The Kier molecular flexibility index (Phi) is 2.14. The molecule has 0 atom stereocenters. The van der Waals surface area contributed by atoms with Gasteiger partial charge in [-0.05, 0) is 30.3 Å². The molecule has 0 fully saturated rings. The molecule has 2 aromatic rings. The van der Waals surface area contributed by atoms with Crippen molar-refractivity contribution in [3.05, 3.63) is 54.1 Å². The van der Waals surface area contributed by atoms with E-state index in [0.717, 1.165) is 11.3 Å². The lowest BCUT2D eigenvalue weighted by Gasteiger charge is -2.17. The van der Waals surface area contributed by atoms with Crippen molar-refractivity contribution in [3.8, 4) is 0 Å². The molecule has 0 aliphatic carbocycles. The number of amides is 1. The Balaban J connectivity index is 2.09. The van der Waals surface area contributed by atoms with Gasteiger partial charge in [-0.3, -0.25) is 14.7 Å². The number of nitrogens with zero attached hydrogens (tertiary/aromatic N) is 2. The summed E-state index contributed by atoms with van der Waals surface area (Å²) in [5.74, 6) is -0.324. The smallest absolute Gasteiger partial charge is 0.236 e. The van der Waals surface area contributed by atoms with E-state index in [2.05, 4.69) is 4.98 Å². The third-order valence-corrected chi connectivity index (χ3v) is 2.79. The summed E-state index contributed by atoms with van der Waals surface area (Å²) >= 11 is 0. The van der Waals surface area contributed by atoms with E-state index < -0.39 is 0 Å². The van der Waals surface area contributed by atoms with Crippen LogP contribution in [0.5, 0.6) is 0 Å². The van der Waals surface area contributed by atoms with E-state index >= 15 is 0 Å². The second-order valence-corrected chi connectivity index (χ2v) is 3.89. The summed E-state index contributed by atoms with van der Waals surface area (Å²) in [7, 11) is 0. The second kappa shape index (κ2) is 3.66. The van der Waals surface area contributed by atoms with E-state index in [1.165, 1.54) is 12.1 Å². The molecule has 1 aromatic carbocycles. The molecule has 1 amide bonds. The molecule has 2 heterocycles. The molecule has 0 bridgehead atoms. The van der Waals surface area contributed by atoms with E-state index in [1.807, 2.05) is 0 Å². The molecule has 0 saturated heterocycles. The number of benzene rings is 1. The first kappa shape index (κ1) is 9.96. The van der Waals surface area contributed by atoms with Gasteiger partial charge >= 0.3 is 0 Å². The van der Waals surface area contributed by atoms with Crippen molar-refractivity contribution in [2.24, 2.45) is 0 Å². The number of pyridine rings is 1. The number of carbonyl (C=O) groups is 1. The van der Waals surface area contributed by atoms with E-state index in [1.54, 1.807) is 35.5 Å². The van der Waals surface area contributed by atoms with Crippen molar-refractivity contribution in [1.82, 2.24) is 4.98 Å². The summed E-state index contributed by atoms with van der Waals surface area (Å²) in [6, 6.07) is 7.69. The Bertz CT molecular complexity index is 580. The van der Waals surface area contributed by atoms with Crippen molar-refractivity contribution in [3.63, 3.8) is 0 Å². The zero-order chi connectivity index (χ0) is 11.8. The Morgan fingerprint density at radius 1 is 1.18 bits per heavy atom. The Hall–Kier alpha value is -2.23. The first-order valence-corrected chi connectivity index (χ1v) is 5.27. The lowest BCUT2D eigenvalue weighted by molar-refractivity contribution is -0.116. The number of rotatable bonds is 1. The number of hydrogen-bond donors (Lipinski definition) is 0. The van der Waals surface area contributed by atoms with Gasteiger partial charge < -0.3 is 0 Å². The van der Waals surface area contributed by atoms with Crippen LogP contribution in [0, 0.1) is 5.82 Å². The van der Waals surface area contributed by atoms with Gasteiger partial charge in [-0.2, -0.15) is 0 Å². The third-order valence-electron chi connectivity index (χ3n) is 2.79. The average molecular weight is 228 g/mol. The van der Waals surface area contributed by atoms with Crippen LogP contribution in [0.3, 0.4) is 0 Å². The minimum absolute atomic E-state index is 0.0143. The molecule has 1 aliphatic rings. The van der Waals surface area contributed by atoms with Crippen LogP contribution >= 0.6 is 0 Å². The highest BCUT2D eigenvalue weighted by molar-refractivity contribution is 6.07. The van der Waals surface area contributed by atoms with Crippen LogP contribution in [0.15, 0.2) is 42.7 Å². The summed E-state index contributed by atoms with van der Waals surface area (Å²) in [4.78, 5) is 17.5. The monoisotopic (exact) mass is 228 g/mol. The van der Waals surface area contributed by atoms with E-state index in [4.69, 9.17) is 0 Å². The molecule has 0 N–H and O–H groups in total. The van der Waals surface area contributed by atoms with E-state index in [0.29, 0.717) is 12.1 Å². The maximum Gasteiger partial charge on any atom is 0.236 e. The predicted octanol–water partition coefficient (Wildman–Crippen LogP) is 2.44. The molecule has 1 aliphatic heterocycles. The van der Waals surface area contributed by atoms with Crippen LogP contribution in [0.25, 0.3) is 0 Å². The largest absolute Gasteiger partial charge is 0.280 e. The highest BCUT2D eigenvalue weighted by atomic mass is 19.1. The summed E-state index contributed by atoms with van der Waals surface area (Å²) in [5, 5.41) is 0. The van der Waals surface area contributed by atoms with Crippen molar-refractivity contribution in [2.75, 3.05) is 4.90 Å². The summed E-state index contributed by atoms with van der Waals surface area (Å²) in [5.41, 5.74) is 2.42. The molecule has 84 valence electrons. The van der Waals surface area contributed by atoms with Crippen LogP contribution < -0.4 is 4.90 Å².